The van der Waals surface area contributed by atoms with Crippen molar-refractivity contribution < 1.29 is 17.6 Å². The van der Waals surface area contributed by atoms with E-state index in [4.69, 9.17) is 0 Å². The zero-order chi connectivity index (χ0) is 20.0. The summed E-state index contributed by atoms with van der Waals surface area (Å²) in [6.45, 7) is 6.78. The van der Waals surface area contributed by atoms with Crippen LogP contribution in [0.1, 0.15) is 25.0 Å². The lowest BCUT2D eigenvalue weighted by atomic mass is 9.94. The van der Waals surface area contributed by atoms with Crippen LogP contribution in [-0.2, 0) is 0 Å². The second-order valence-corrected chi connectivity index (χ2v) is 5.55. The number of rotatable bonds is 4. The summed E-state index contributed by atoms with van der Waals surface area (Å²) in [7, 11) is 0. The summed E-state index contributed by atoms with van der Waals surface area (Å²) in [6, 6.07) is 14.5. The second kappa shape index (κ2) is 9.21. The Labute approximate surface area is 156 Å². The van der Waals surface area contributed by atoms with Gasteiger partial charge in [0.15, 0.2) is 0 Å². The van der Waals surface area contributed by atoms with Gasteiger partial charge in [-0.25, -0.2) is 17.6 Å². The number of halogens is 4. The molecule has 5 heteroatoms. The van der Waals surface area contributed by atoms with Crippen LogP contribution in [0.3, 0.4) is 0 Å². The summed E-state index contributed by atoms with van der Waals surface area (Å²) in [5.74, 6) is -1.30. The normalized spacial score (nSPS) is 14.1. The van der Waals surface area contributed by atoms with Gasteiger partial charge in [-0.3, -0.25) is 0 Å². The van der Waals surface area contributed by atoms with Gasteiger partial charge < -0.3 is 4.90 Å². The molecule has 142 valence electrons. The second-order valence-electron chi connectivity index (χ2n) is 5.55. The van der Waals surface area contributed by atoms with E-state index in [2.05, 4.69) is 6.58 Å². The topological polar surface area (TPSA) is 3.24 Å². The quantitative estimate of drug-likeness (QED) is 0.540. The Hall–Kier alpha value is -2.82. The van der Waals surface area contributed by atoms with Gasteiger partial charge in [0, 0.05) is 11.1 Å². The van der Waals surface area contributed by atoms with Crippen molar-refractivity contribution in [3.8, 4) is 0 Å². The van der Waals surface area contributed by atoms with Gasteiger partial charge in [0.2, 0.25) is 0 Å². The van der Waals surface area contributed by atoms with E-state index in [1.807, 2.05) is 13.8 Å². The molecule has 0 aliphatic carbocycles. The number of hydrogen-bond acceptors (Lipinski definition) is 1. The van der Waals surface area contributed by atoms with Crippen LogP contribution < -0.4 is 0 Å². The first-order chi connectivity index (χ1) is 13.0. The molecule has 0 bridgehead atoms. The molecule has 1 aliphatic rings. The Balaban J connectivity index is 0.00000126. The smallest absolute Gasteiger partial charge is 0.256 e. The van der Waals surface area contributed by atoms with Crippen molar-refractivity contribution in [1.29, 1.82) is 0 Å². The van der Waals surface area contributed by atoms with Gasteiger partial charge in [0.1, 0.15) is 11.6 Å². The Morgan fingerprint density at radius 1 is 0.926 bits per heavy atom. The molecule has 2 aromatic rings. The van der Waals surface area contributed by atoms with E-state index in [-0.39, 0.29) is 17.0 Å². The predicted molar refractivity (Wildman–Crippen MR) is 102 cm³/mol. The Kier molecular flexibility index (Phi) is 6.99. The lowest BCUT2D eigenvalue weighted by molar-refractivity contribution is 0.122. The molecule has 0 atom stereocenters. The lowest BCUT2D eigenvalue weighted by Gasteiger charge is -2.33. The third-order valence-corrected chi connectivity index (χ3v) is 3.93. The summed E-state index contributed by atoms with van der Waals surface area (Å²) in [6.07, 6.45) is -1.53. The zero-order valence-electron chi connectivity index (χ0n) is 15.2. The van der Waals surface area contributed by atoms with Gasteiger partial charge in [-0.15, -0.1) is 0 Å². The average Bonchev–Trinajstić information content (AvgIpc) is 2.68. The standard InChI is InChI=1S/C20H15F4N.C2H6/c1-13-18(22)11-16(14-7-3-2-4-8-14)20(25(13)12-19(23)24)15-9-5-6-10-17(15)21;1-2/h2-11,19H,1,12H2;1-2H3. The van der Waals surface area contributed by atoms with E-state index >= 15 is 0 Å². The fraction of sp³-hybridized carbons (Fsp3) is 0.182. The van der Waals surface area contributed by atoms with Gasteiger partial charge in [-0.1, -0.05) is 62.9 Å². The van der Waals surface area contributed by atoms with Crippen molar-refractivity contribution >= 4 is 11.3 Å². The number of alkyl halides is 2. The number of benzene rings is 2. The maximum atomic E-state index is 14.4. The van der Waals surface area contributed by atoms with Crippen LogP contribution in [-0.4, -0.2) is 17.9 Å². The molecule has 0 amide bonds. The van der Waals surface area contributed by atoms with E-state index in [9.17, 15) is 17.6 Å². The summed E-state index contributed by atoms with van der Waals surface area (Å²) < 4.78 is 55.0. The molecule has 1 aliphatic heterocycles. The molecule has 0 radical (unpaired) electrons. The summed E-state index contributed by atoms with van der Waals surface area (Å²) in [5, 5.41) is 0. The van der Waals surface area contributed by atoms with Gasteiger partial charge in [0.25, 0.3) is 6.43 Å². The van der Waals surface area contributed by atoms with Crippen LogP contribution in [0, 0.1) is 5.82 Å². The van der Waals surface area contributed by atoms with Crippen molar-refractivity contribution in [1.82, 2.24) is 4.90 Å². The Morgan fingerprint density at radius 3 is 2.11 bits per heavy atom. The molecule has 1 heterocycles. The minimum absolute atomic E-state index is 0.118. The molecule has 0 fully saturated rings. The first-order valence-corrected chi connectivity index (χ1v) is 8.66. The molecule has 1 nitrogen and oxygen atoms in total. The van der Waals surface area contributed by atoms with E-state index in [0.29, 0.717) is 11.1 Å². The van der Waals surface area contributed by atoms with E-state index in [1.54, 1.807) is 36.4 Å². The third kappa shape index (κ3) is 4.48. The monoisotopic (exact) mass is 375 g/mol. The molecule has 0 saturated carbocycles. The highest BCUT2D eigenvalue weighted by molar-refractivity contribution is 5.97. The maximum absolute atomic E-state index is 14.4. The lowest BCUT2D eigenvalue weighted by Crippen LogP contribution is -2.30. The van der Waals surface area contributed by atoms with Crippen molar-refractivity contribution in [3.63, 3.8) is 0 Å². The fourth-order valence-corrected chi connectivity index (χ4v) is 2.81. The van der Waals surface area contributed by atoms with Gasteiger partial charge in [-0.05, 0) is 23.8 Å². The highest BCUT2D eigenvalue weighted by Crippen LogP contribution is 2.40. The molecule has 27 heavy (non-hydrogen) atoms. The Bertz CT molecular complexity index is 854. The molecule has 0 unspecified atom stereocenters. The van der Waals surface area contributed by atoms with Gasteiger partial charge in [0.05, 0.1) is 17.9 Å². The van der Waals surface area contributed by atoms with Crippen LogP contribution in [0.4, 0.5) is 17.6 Å². The minimum atomic E-state index is -2.73. The van der Waals surface area contributed by atoms with Crippen molar-refractivity contribution in [2.75, 3.05) is 6.54 Å². The van der Waals surface area contributed by atoms with Gasteiger partial charge in [-0.2, -0.15) is 0 Å². The highest BCUT2D eigenvalue weighted by atomic mass is 19.3. The van der Waals surface area contributed by atoms with Crippen LogP contribution >= 0.6 is 0 Å². The minimum Gasteiger partial charge on any atom is -0.333 e. The maximum Gasteiger partial charge on any atom is 0.256 e. The molecular formula is C22H21F4N. The molecular weight excluding hydrogens is 354 g/mol. The molecule has 0 spiro atoms. The molecule has 0 saturated heterocycles. The largest absolute Gasteiger partial charge is 0.333 e. The van der Waals surface area contributed by atoms with Crippen molar-refractivity contribution in [2.24, 2.45) is 0 Å². The zero-order valence-corrected chi connectivity index (χ0v) is 15.2. The average molecular weight is 375 g/mol. The van der Waals surface area contributed by atoms with Crippen molar-refractivity contribution in [2.45, 2.75) is 20.3 Å². The van der Waals surface area contributed by atoms with E-state index < -0.39 is 24.6 Å². The third-order valence-electron chi connectivity index (χ3n) is 3.93. The summed E-state index contributed by atoms with van der Waals surface area (Å²) >= 11 is 0. The SMILES string of the molecule is C=C1C(F)=CC(c2ccccc2)=C(c2ccccc2F)N1CC(F)F.CC. The highest BCUT2D eigenvalue weighted by Gasteiger charge is 2.29. The number of allylic oxidation sites excluding steroid dienone is 3. The van der Waals surface area contributed by atoms with Crippen molar-refractivity contribution in [3.05, 3.63) is 95.7 Å². The molecule has 0 N–H and O–H groups in total. The molecule has 2 aromatic carbocycles. The van der Waals surface area contributed by atoms with Crippen LogP contribution in [0.15, 0.2) is 78.8 Å². The van der Waals surface area contributed by atoms with E-state index in [1.165, 1.54) is 24.3 Å². The number of hydrogen-bond donors (Lipinski definition) is 0. The molecule has 3 rings (SSSR count). The summed E-state index contributed by atoms with van der Waals surface area (Å²) in [4.78, 5) is 1.04. The Morgan fingerprint density at radius 2 is 1.52 bits per heavy atom. The molecule has 0 aromatic heterocycles. The number of nitrogens with zero attached hydrogens (tertiary/aromatic N) is 1. The van der Waals surface area contributed by atoms with Crippen LogP contribution in [0.25, 0.3) is 11.3 Å². The first-order valence-electron chi connectivity index (χ1n) is 8.66. The van der Waals surface area contributed by atoms with E-state index in [0.717, 1.165) is 4.90 Å². The fourth-order valence-electron chi connectivity index (χ4n) is 2.81. The summed E-state index contributed by atoms with van der Waals surface area (Å²) in [5.41, 5.74) is 1.01. The predicted octanol–water partition coefficient (Wildman–Crippen LogP) is 6.67. The first kappa shape index (κ1) is 20.5. The van der Waals surface area contributed by atoms with Crippen LogP contribution in [0.2, 0.25) is 0 Å². The van der Waals surface area contributed by atoms with Gasteiger partial charge >= 0.3 is 0 Å². The van der Waals surface area contributed by atoms with Crippen LogP contribution in [0.5, 0.6) is 0 Å².